The van der Waals surface area contributed by atoms with Gasteiger partial charge in [-0.05, 0) is 74.5 Å². The molecule has 0 aromatic rings. The van der Waals surface area contributed by atoms with Gasteiger partial charge in [-0.3, -0.25) is 0 Å². The third-order valence-electron chi connectivity index (χ3n) is 7.46. The first-order chi connectivity index (χ1) is 11.0. The van der Waals surface area contributed by atoms with Crippen LogP contribution < -0.4 is 0 Å². The monoisotopic (exact) mass is 324 g/mol. The lowest BCUT2D eigenvalue weighted by molar-refractivity contribution is -0.0456. The van der Waals surface area contributed by atoms with Crippen molar-refractivity contribution in [2.24, 2.45) is 23.2 Å². The molecule has 0 spiro atoms. The summed E-state index contributed by atoms with van der Waals surface area (Å²) in [5.41, 5.74) is 0.397. The van der Waals surface area contributed by atoms with Gasteiger partial charge in [0.15, 0.2) is 0 Å². The van der Waals surface area contributed by atoms with Crippen LogP contribution in [0.2, 0.25) is 0 Å². The van der Waals surface area contributed by atoms with Gasteiger partial charge in [0.25, 0.3) is 0 Å². The molecule has 2 nitrogen and oxygen atoms in total. The Hall–Kier alpha value is -0.0800. The Bertz CT molecular complexity index is 303. The second kappa shape index (κ2) is 8.85. The molecule has 0 saturated heterocycles. The maximum atomic E-state index is 9.92. The zero-order valence-electron chi connectivity index (χ0n) is 15.8. The first-order valence-electron chi connectivity index (χ1n) is 10.3. The number of hydrogen-bond donors (Lipinski definition) is 2. The molecule has 2 saturated carbocycles. The molecule has 2 N–H and O–H groups in total. The summed E-state index contributed by atoms with van der Waals surface area (Å²) >= 11 is 0. The molecular formula is C21H40O2. The smallest absolute Gasteiger partial charge is 0.0540 e. The van der Waals surface area contributed by atoms with Crippen LogP contribution in [0.3, 0.4) is 0 Å². The normalized spacial score (nSPS) is 36.4. The molecule has 2 heteroatoms. The van der Waals surface area contributed by atoms with Crippen LogP contribution in [-0.2, 0) is 0 Å². The first kappa shape index (κ1) is 19.2. The van der Waals surface area contributed by atoms with E-state index in [0.29, 0.717) is 5.41 Å². The molecule has 2 fully saturated rings. The molecule has 1 atom stereocenters. The van der Waals surface area contributed by atoms with Crippen LogP contribution in [-0.4, -0.2) is 22.4 Å². The van der Waals surface area contributed by atoms with Crippen LogP contribution in [0, 0.1) is 23.2 Å². The average molecular weight is 325 g/mol. The highest BCUT2D eigenvalue weighted by Gasteiger charge is 2.46. The average Bonchev–Trinajstić information content (AvgIpc) is 2.55. The Morgan fingerprint density at radius 1 is 0.826 bits per heavy atom. The Morgan fingerprint density at radius 2 is 1.26 bits per heavy atom. The van der Waals surface area contributed by atoms with E-state index in [9.17, 15) is 10.2 Å². The van der Waals surface area contributed by atoms with E-state index in [4.69, 9.17) is 0 Å². The Morgan fingerprint density at radius 3 is 1.65 bits per heavy atom. The van der Waals surface area contributed by atoms with Crippen molar-refractivity contribution < 1.29 is 10.2 Å². The van der Waals surface area contributed by atoms with E-state index in [2.05, 4.69) is 20.8 Å². The van der Waals surface area contributed by atoms with Crippen molar-refractivity contribution >= 4 is 0 Å². The van der Waals surface area contributed by atoms with Gasteiger partial charge in [-0.15, -0.1) is 0 Å². The molecule has 2 rings (SSSR count). The van der Waals surface area contributed by atoms with Crippen molar-refractivity contribution in [3.63, 3.8) is 0 Å². The van der Waals surface area contributed by atoms with Crippen molar-refractivity contribution in [2.75, 3.05) is 0 Å². The van der Waals surface area contributed by atoms with Gasteiger partial charge in [0.2, 0.25) is 0 Å². The molecule has 136 valence electrons. The molecule has 0 amide bonds. The predicted molar refractivity (Wildman–Crippen MR) is 97.3 cm³/mol. The van der Waals surface area contributed by atoms with Crippen LogP contribution >= 0.6 is 0 Å². The van der Waals surface area contributed by atoms with Gasteiger partial charge in [-0.25, -0.2) is 0 Å². The summed E-state index contributed by atoms with van der Waals surface area (Å²) in [6, 6.07) is 0. The second-order valence-electron chi connectivity index (χ2n) is 8.77. The molecule has 0 aromatic carbocycles. The Kier molecular flexibility index (Phi) is 7.41. The molecule has 0 radical (unpaired) electrons. The van der Waals surface area contributed by atoms with Crippen LogP contribution in [0.5, 0.6) is 0 Å². The summed E-state index contributed by atoms with van der Waals surface area (Å²) in [5.74, 6) is 2.29. The van der Waals surface area contributed by atoms with Crippen LogP contribution in [0.15, 0.2) is 0 Å². The molecule has 0 aliphatic heterocycles. The van der Waals surface area contributed by atoms with Crippen molar-refractivity contribution in [1.82, 2.24) is 0 Å². The van der Waals surface area contributed by atoms with Gasteiger partial charge >= 0.3 is 0 Å². The van der Waals surface area contributed by atoms with Crippen molar-refractivity contribution in [3.05, 3.63) is 0 Å². The fourth-order valence-corrected chi connectivity index (χ4v) is 5.55. The highest BCUT2D eigenvalue weighted by Crippen LogP contribution is 2.54. The minimum atomic E-state index is -0.0564. The van der Waals surface area contributed by atoms with Crippen LogP contribution in [0.25, 0.3) is 0 Å². The highest BCUT2D eigenvalue weighted by atomic mass is 16.3. The molecule has 1 unspecified atom stereocenters. The number of unbranched alkanes of at least 4 members (excludes halogenated alkanes) is 2. The van der Waals surface area contributed by atoms with Gasteiger partial charge in [-0.2, -0.15) is 0 Å². The van der Waals surface area contributed by atoms with Gasteiger partial charge < -0.3 is 10.2 Å². The highest BCUT2D eigenvalue weighted by molar-refractivity contribution is 4.96. The van der Waals surface area contributed by atoms with E-state index in [1.54, 1.807) is 0 Å². The molecule has 0 bridgehead atoms. The molecule has 2 aliphatic rings. The summed E-state index contributed by atoms with van der Waals surface area (Å²) in [6.45, 7) is 7.34. The van der Waals surface area contributed by atoms with E-state index >= 15 is 0 Å². The van der Waals surface area contributed by atoms with E-state index in [0.717, 1.165) is 43.4 Å². The van der Waals surface area contributed by atoms with Gasteiger partial charge in [0.1, 0.15) is 0 Å². The zero-order valence-corrected chi connectivity index (χ0v) is 15.8. The van der Waals surface area contributed by atoms with E-state index in [1.807, 2.05) is 0 Å². The van der Waals surface area contributed by atoms with Crippen molar-refractivity contribution in [2.45, 2.75) is 110 Å². The minimum absolute atomic E-state index is 0.0564. The predicted octanol–water partition coefficient (Wildman–Crippen LogP) is 5.31. The quantitative estimate of drug-likeness (QED) is 0.623. The molecule has 0 heterocycles. The Labute approximate surface area is 144 Å². The minimum Gasteiger partial charge on any atom is -0.393 e. The van der Waals surface area contributed by atoms with Gasteiger partial charge in [-0.1, -0.05) is 46.5 Å². The lowest BCUT2D eigenvalue weighted by atomic mass is 9.54. The number of hydrogen-bond acceptors (Lipinski definition) is 2. The SMILES string of the molecule is CCCCCC(C)C(C)(C1CCC(O)CC1)C1CCC(O)CC1. The number of rotatable bonds is 7. The lowest BCUT2D eigenvalue weighted by Crippen LogP contribution is -2.44. The van der Waals surface area contributed by atoms with Crippen LogP contribution in [0.1, 0.15) is 97.8 Å². The molecule has 2 aliphatic carbocycles. The van der Waals surface area contributed by atoms with Crippen molar-refractivity contribution in [3.8, 4) is 0 Å². The van der Waals surface area contributed by atoms with Gasteiger partial charge in [0.05, 0.1) is 12.2 Å². The van der Waals surface area contributed by atoms with Gasteiger partial charge in [0, 0.05) is 0 Å². The zero-order chi connectivity index (χ0) is 16.9. The largest absolute Gasteiger partial charge is 0.393 e. The number of aliphatic hydroxyl groups is 2. The lowest BCUT2D eigenvalue weighted by Gasteiger charge is -2.52. The third kappa shape index (κ3) is 4.72. The first-order valence-corrected chi connectivity index (χ1v) is 10.3. The summed E-state index contributed by atoms with van der Waals surface area (Å²) in [4.78, 5) is 0. The van der Waals surface area contributed by atoms with Crippen LogP contribution in [0.4, 0.5) is 0 Å². The standard InChI is InChI=1S/C21H40O2/c1-4-5-6-7-16(2)21(3,17-8-12-19(22)13-9-17)18-10-14-20(23)15-11-18/h16-20,22-23H,4-15H2,1-3H3. The summed E-state index contributed by atoms with van der Waals surface area (Å²) in [6.07, 6.45) is 14.1. The fraction of sp³-hybridized carbons (Fsp3) is 1.00. The number of aliphatic hydroxyl groups excluding tert-OH is 2. The summed E-state index contributed by atoms with van der Waals surface area (Å²) in [7, 11) is 0. The molecule has 0 aromatic heterocycles. The molecule has 23 heavy (non-hydrogen) atoms. The fourth-order valence-electron chi connectivity index (χ4n) is 5.55. The summed E-state index contributed by atoms with van der Waals surface area (Å²) in [5, 5.41) is 19.8. The second-order valence-corrected chi connectivity index (χ2v) is 8.77. The molecular weight excluding hydrogens is 284 g/mol. The Balaban J connectivity index is 2.08. The van der Waals surface area contributed by atoms with E-state index in [-0.39, 0.29) is 12.2 Å². The van der Waals surface area contributed by atoms with E-state index in [1.165, 1.54) is 51.4 Å². The van der Waals surface area contributed by atoms with E-state index < -0.39 is 0 Å². The maximum absolute atomic E-state index is 9.92. The third-order valence-corrected chi connectivity index (χ3v) is 7.46. The maximum Gasteiger partial charge on any atom is 0.0540 e. The summed E-state index contributed by atoms with van der Waals surface area (Å²) < 4.78 is 0. The topological polar surface area (TPSA) is 40.5 Å². The van der Waals surface area contributed by atoms with Crippen molar-refractivity contribution in [1.29, 1.82) is 0 Å².